The summed E-state index contributed by atoms with van der Waals surface area (Å²) in [6.07, 6.45) is -3.27. The number of halogens is 4. The molecule has 0 amide bonds. The highest BCUT2D eigenvalue weighted by Gasteiger charge is 2.37. The van der Waals surface area contributed by atoms with Gasteiger partial charge in [0, 0.05) is 25.1 Å². The van der Waals surface area contributed by atoms with E-state index < -0.39 is 17.6 Å². The third-order valence-corrected chi connectivity index (χ3v) is 4.26. The Bertz CT molecular complexity index is 475. The molecule has 6 heteroatoms. The largest absolute Gasteiger partial charge is 0.419 e. The fraction of sp³-hybridized carbons (Fsp3) is 0.625. The highest BCUT2D eigenvalue weighted by atomic mass is 19.4. The molecule has 1 aromatic rings. The van der Waals surface area contributed by atoms with Gasteiger partial charge in [0.15, 0.2) is 0 Å². The van der Waals surface area contributed by atoms with E-state index >= 15 is 0 Å². The zero-order valence-corrected chi connectivity index (χ0v) is 13.2. The van der Waals surface area contributed by atoms with Gasteiger partial charge in [-0.05, 0) is 31.5 Å². The van der Waals surface area contributed by atoms with Crippen LogP contribution in [0.3, 0.4) is 0 Å². The number of rotatable bonds is 7. The van der Waals surface area contributed by atoms with Crippen molar-refractivity contribution >= 4 is 0 Å². The monoisotopic (exact) mass is 321 g/mol. The Kier molecular flexibility index (Phi) is 6.38. The van der Waals surface area contributed by atoms with Crippen molar-refractivity contribution in [3.8, 4) is 0 Å². The lowest BCUT2D eigenvalue weighted by atomic mass is 9.82. The molecule has 0 saturated carbocycles. The van der Waals surface area contributed by atoms with Crippen LogP contribution in [0.2, 0.25) is 0 Å². The van der Waals surface area contributed by atoms with Crippen LogP contribution in [0.25, 0.3) is 0 Å². The van der Waals surface area contributed by atoms with Crippen LogP contribution in [-0.2, 0) is 12.7 Å². The lowest BCUT2D eigenvalue weighted by Gasteiger charge is -2.34. The Morgan fingerprint density at radius 3 is 2.18 bits per heavy atom. The van der Waals surface area contributed by atoms with E-state index in [1.54, 1.807) is 11.9 Å². The summed E-state index contributed by atoms with van der Waals surface area (Å²) in [5, 5.41) is 9.55. The topological polar surface area (TPSA) is 23.5 Å². The van der Waals surface area contributed by atoms with Crippen molar-refractivity contribution in [2.24, 2.45) is 5.41 Å². The van der Waals surface area contributed by atoms with Crippen molar-refractivity contribution in [1.29, 1.82) is 0 Å². The van der Waals surface area contributed by atoms with E-state index in [2.05, 4.69) is 0 Å². The Morgan fingerprint density at radius 2 is 1.73 bits per heavy atom. The second kappa shape index (κ2) is 7.42. The van der Waals surface area contributed by atoms with Gasteiger partial charge in [-0.1, -0.05) is 26.0 Å². The maximum absolute atomic E-state index is 13.6. The van der Waals surface area contributed by atoms with Crippen molar-refractivity contribution in [2.45, 2.75) is 39.4 Å². The standard InChI is InChI=1S/C16H23F4NO/c1-4-15(5-2,11-22)10-21(3)9-12-7-6-8-13(17)14(12)16(18,19)20/h6-8,22H,4-5,9-11H2,1-3H3. The van der Waals surface area contributed by atoms with Crippen LogP contribution in [0, 0.1) is 11.2 Å². The molecule has 0 aliphatic rings. The Balaban J connectivity index is 2.98. The first kappa shape index (κ1) is 18.9. The molecule has 0 spiro atoms. The van der Waals surface area contributed by atoms with E-state index in [9.17, 15) is 22.7 Å². The molecule has 0 heterocycles. The van der Waals surface area contributed by atoms with E-state index in [1.807, 2.05) is 13.8 Å². The van der Waals surface area contributed by atoms with Gasteiger partial charge in [-0.3, -0.25) is 0 Å². The molecule has 0 aliphatic carbocycles. The number of benzene rings is 1. The third kappa shape index (κ3) is 4.43. The van der Waals surface area contributed by atoms with Crippen LogP contribution < -0.4 is 0 Å². The van der Waals surface area contributed by atoms with Crippen molar-refractivity contribution in [3.05, 3.63) is 35.1 Å². The average Bonchev–Trinajstić information content (AvgIpc) is 2.43. The summed E-state index contributed by atoms with van der Waals surface area (Å²) in [4.78, 5) is 1.70. The average molecular weight is 321 g/mol. The number of aliphatic hydroxyl groups is 1. The predicted octanol–water partition coefficient (Wildman–Crippen LogP) is 4.08. The lowest BCUT2D eigenvalue weighted by molar-refractivity contribution is -0.140. The maximum atomic E-state index is 13.6. The van der Waals surface area contributed by atoms with Gasteiger partial charge in [-0.2, -0.15) is 13.2 Å². The summed E-state index contributed by atoms with van der Waals surface area (Å²) in [5.41, 5.74) is -1.64. The zero-order valence-electron chi connectivity index (χ0n) is 13.2. The number of hydrogen-bond donors (Lipinski definition) is 1. The van der Waals surface area contributed by atoms with Crippen LogP contribution in [0.5, 0.6) is 0 Å². The van der Waals surface area contributed by atoms with E-state index in [-0.39, 0.29) is 24.1 Å². The molecule has 0 aliphatic heterocycles. The fourth-order valence-electron chi connectivity index (χ4n) is 2.68. The van der Waals surface area contributed by atoms with Gasteiger partial charge in [0.25, 0.3) is 0 Å². The quantitative estimate of drug-likeness (QED) is 0.765. The lowest BCUT2D eigenvalue weighted by Crippen LogP contribution is -2.37. The summed E-state index contributed by atoms with van der Waals surface area (Å²) in [6, 6.07) is 3.40. The SMILES string of the molecule is CCC(CC)(CO)CN(C)Cc1cccc(F)c1C(F)(F)F. The minimum atomic E-state index is -4.72. The van der Waals surface area contributed by atoms with Crippen molar-refractivity contribution in [2.75, 3.05) is 20.2 Å². The molecular weight excluding hydrogens is 298 g/mol. The summed E-state index contributed by atoms with van der Waals surface area (Å²) in [5.74, 6) is -1.25. The molecule has 0 radical (unpaired) electrons. The number of aliphatic hydroxyl groups excluding tert-OH is 1. The summed E-state index contributed by atoms with van der Waals surface area (Å²) in [6.45, 7) is 4.28. The molecule has 0 atom stereocenters. The number of alkyl halides is 3. The normalized spacial score (nSPS) is 13.0. The molecule has 22 heavy (non-hydrogen) atoms. The third-order valence-electron chi connectivity index (χ3n) is 4.26. The zero-order chi connectivity index (χ0) is 17.0. The highest BCUT2D eigenvalue weighted by molar-refractivity contribution is 5.31. The van der Waals surface area contributed by atoms with E-state index in [0.717, 1.165) is 18.9 Å². The van der Waals surface area contributed by atoms with E-state index in [0.29, 0.717) is 6.54 Å². The first-order chi connectivity index (χ1) is 10.2. The van der Waals surface area contributed by atoms with Crippen molar-refractivity contribution in [1.82, 2.24) is 4.90 Å². The fourth-order valence-corrected chi connectivity index (χ4v) is 2.68. The maximum Gasteiger partial charge on any atom is 0.419 e. The van der Waals surface area contributed by atoms with Crippen LogP contribution >= 0.6 is 0 Å². The Morgan fingerprint density at radius 1 is 1.14 bits per heavy atom. The summed E-state index contributed by atoms with van der Waals surface area (Å²) in [7, 11) is 1.68. The van der Waals surface area contributed by atoms with E-state index in [1.165, 1.54) is 12.1 Å². The second-order valence-electron chi connectivity index (χ2n) is 5.81. The molecule has 0 bridgehead atoms. The number of nitrogens with zero attached hydrogens (tertiary/aromatic N) is 1. The molecule has 0 unspecified atom stereocenters. The molecular formula is C16H23F4NO. The van der Waals surface area contributed by atoms with Gasteiger partial charge in [-0.15, -0.1) is 0 Å². The van der Waals surface area contributed by atoms with Gasteiger partial charge >= 0.3 is 6.18 Å². The molecule has 1 N–H and O–H groups in total. The van der Waals surface area contributed by atoms with Gasteiger partial charge in [0.2, 0.25) is 0 Å². The molecule has 1 rings (SSSR count). The smallest absolute Gasteiger partial charge is 0.396 e. The van der Waals surface area contributed by atoms with Crippen LogP contribution in [0.15, 0.2) is 18.2 Å². The predicted molar refractivity (Wildman–Crippen MR) is 77.8 cm³/mol. The van der Waals surface area contributed by atoms with Crippen molar-refractivity contribution in [3.63, 3.8) is 0 Å². The van der Waals surface area contributed by atoms with E-state index in [4.69, 9.17) is 0 Å². The van der Waals surface area contributed by atoms with Crippen molar-refractivity contribution < 1.29 is 22.7 Å². The molecule has 0 aromatic heterocycles. The minimum absolute atomic E-state index is 0.0195. The number of hydrogen-bond acceptors (Lipinski definition) is 2. The first-order valence-corrected chi connectivity index (χ1v) is 7.33. The second-order valence-corrected chi connectivity index (χ2v) is 5.81. The van der Waals surface area contributed by atoms with Crippen LogP contribution in [-0.4, -0.2) is 30.2 Å². The highest BCUT2D eigenvalue weighted by Crippen LogP contribution is 2.35. The first-order valence-electron chi connectivity index (χ1n) is 7.33. The molecule has 0 fully saturated rings. The van der Waals surface area contributed by atoms with Gasteiger partial charge < -0.3 is 10.0 Å². The van der Waals surface area contributed by atoms with Crippen LogP contribution in [0.4, 0.5) is 17.6 Å². The minimum Gasteiger partial charge on any atom is -0.396 e. The molecule has 1 aromatic carbocycles. The molecule has 2 nitrogen and oxygen atoms in total. The Hall–Kier alpha value is -1.14. The summed E-state index contributed by atoms with van der Waals surface area (Å²) >= 11 is 0. The summed E-state index contributed by atoms with van der Waals surface area (Å²) < 4.78 is 52.5. The van der Waals surface area contributed by atoms with Gasteiger partial charge in [0.1, 0.15) is 5.82 Å². The van der Waals surface area contributed by atoms with Crippen LogP contribution in [0.1, 0.15) is 37.8 Å². The molecule has 0 saturated heterocycles. The Labute approximate surface area is 128 Å². The van der Waals surface area contributed by atoms with Gasteiger partial charge in [0.05, 0.1) is 5.56 Å². The van der Waals surface area contributed by atoms with Gasteiger partial charge in [-0.25, -0.2) is 4.39 Å². The molecule has 126 valence electrons.